The van der Waals surface area contributed by atoms with Crippen LogP contribution in [0.3, 0.4) is 0 Å². The highest BCUT2D eigenvalue weighted by atomic mass is 16.5. The minimum atomic E-state index is -1.09. The van der Waals surface area contributed by atoms with Gasteiger partial charge in [-0.2, -0.15) is 5.10 Å². The Morgan fingerprint density at radius 2 is 2.00 bits per heavy atom. The molecule has 0 unspecified atom stereocenters. The minimum Gasteiger partial charge on any atom is -0.494 e. The summed E-state index contributed by atoms with van der Waals surface area (Å²) in [5.41, 5.74) is 4.29. The molecule has 1 aliphatic heterocycles. The third-order valence-corrected chi connectivity index (χ3v) is 6.65. The lowest BCUT2D eigenvalue weighted by molar-refractivity contribution is -0.139. The number of carbonyl (C=O) groups excluding carboxylic acids is 1. The van der Waals surface area contributed by atoms with Crippen LogP contribution in [0, 0.1) is 0 Å². The van der Waals surface area contributed by atoms with Crippen LogP contribution in [-0.4, -0.2) is 50.9 Å². The first-order chi connectivity index (χ1) is 18.4. The lowest BCUT2D eigenvalue weighted by Crippen LogP contribution is -2.42. The van der Waals surface area contributed by atoms with Crippen LogP contribution in [0.4, 0.5) is 5.82 Å². The minimum absolute atomic E-state index is 0.161. The molecule has 1 aliphatic rings. The van der Waals surface area contributed by atoms with Gasteiger partial charge in [-0.05, 0) is 73.2 Å². The molecular formula is C29H31N5O4. The van der Waals surface area contributed by atoms with Crippen molar-refractivity contribution in [1.82, 2.24) is 20.1 Å². The molecule has 0 saturated carbocycles. The number of carbonyl (C=O) groups is 2. The fourth-order valence-electron chi connectivity index (χ4n) is 4.64. The summed E-state index contributed by atoms with van der Waals surface area (Å²) in [4.78, 5) is 29.3. The number of pyridine rings is 1. The van der Waals surface area contributed by atoms with Gasteiger partial charge in [0.05, 0.1) is 12.1 Å². The number of nitrogens with zero attached hydrogens (tertiary/aromatic N) is 3. The van der Waals surface area contributed by atoms with E-state index in [2.05, 4.69) is 27.9 Å². The second-order valence-corrected chi connectivity index (χ2v) is 9.58. The second kappa shape index (κ2) is 11.3. The number of carboxylic acid groups (broad SMARTS) is 1. The Balaban J connectivity index is 1.11. The first kappa shape index (κ1) is 25.3. The van der Waals surface area contributed by atoms with E-state index in [4.69, 9.17) is 9.72 Å². The van der Waals surface area contributed by atoms with Gasteiger partial charge in [0.1, 0.15) is 17.6 Å². The van der Waals surface area contributed by atoms with E-state index >= 15 is 0 Å². The molecule has 3 N–H and O–H groups in total. The zero-order chi connectivity index (χ0) is 26.5. The number of benzene rings is 2. The highest BCUT2D eigenvalue weighted by Crippen LogP contribution is 2.21. The van der Waals surface area contributed by atoms with Crippen LogP contribution in [0.25, 0.3) is 10.9 Å². The molecule has 0 radical (unpaired) electrons. The summed E-state index contributed by atoms with van der Waals surface area (Å²) in [5, 5.41) is 20.8. The average molecular weight is 514 g/mol. The van der Waals surface area contributed by atoms with Gasteiger partial charge >= 0.3 is 5.97 Å². The first-order valence-corrected chi connectivity index (χ1v) is 12.9. The van der Waals surface area contributed by atoms with Crippen LogP contribution in [0.1, 0.15) is 40.0 Å². The van der Waals surface area contributed by atoms with Crippen LogP contribution in [0.5, 0.6) is 5.75 Å². The summed E-state index contributed by atoms with van der Waals surface area (Å²) < 4.78 is 7.54. The number of hydrogen-bond acceptors (Lipinski definition) is 6. The number of aryl methyl sites for hydroxylation is 3. The summed E-state index contributed by atoms with van der Waals surface area (Å²) in [6.07, 6.45) is 5.87. The van der Waals surface area contributed by atoms with E-state index in [1.165, 1.54) is 5.56 Å². The third-order valence-electron chi connectivity index (χ3n) is 6.65. The van der Waals surface area contributed by atoms with Crippen LogP contribution in [-0.2, 0) is 31.1 Å². The summed E-state index contributed by atoms with van der Waals surface area (Å²) in [6, 6.07) is 15.6. The van der Waals surface area contributed by atoms with Gasteiger partial charge in [-0.3, -0.25) is 9.48 Å². The van der Waals surface area contributed by atoms with Crippen molar-refractivity contribution in [3.8, 4) is 5.75 Å². The molecule has 196 valence electrons. The third kappa shape index (κ3) is 6.11. The van der Waals surface area contributed by atoms with Crippen molar-refractivity contribution < 1.29 is 19.4 Å². The van der Waals surface area contributed by atoms with Gasteiger partial charge in [-0.15, -0.1) is 0 Å². The number of carboxylic acids is 1. The lowest BCUT2D eigenvalue weighted by Gasteiger charge is -2.17. The van der Waals surface area contributed by atoms with Crippen LogP contribution < -0.4 is 15.4 Å². The fourth-order valence-corrected chi connectivity index (χ4v) is 4.64. The fraction of sp³-hybridized carbons (Fsp3) is 0.310. The van der Waals surface area contributed by atoms with Crippen molar-refractivity contribution in [1.29, 1.82) is 0 Å². The van der Waals surface area contributed by atoms with Crippen LogP contribution >= 0.6 is 0 Å². The van der Waals surface area contributed by atoms with E-state index in [9.17, 15) is 14.7 Å². The van der Waals surface area contributed by atoms with Gasteiger partial charge in [0, 0.05) is 42.9 Å². The predicted molar refractivity (Wildman–Crippen MR) is 145 cm³/mol. The maximum absolute atomic E-state index is 12.7. The summed E-state index contributed by atoms with van der Waals surface area (Å²) in [6.45, 7) is 1.53. The van der Waals surface area contributed by atoms with Gasteiger partial charge in [0.25, 0.3) is 5.91 Å². The molecule has 1 atom stereocenters. The molecule has 9 nitrogen and oxygen atoms in total. The second-order valence-electron chi connectivity index (χ2n) is 9.58. The van der Waals surface area contributed by atoms with Gasteiger partial charge in [0.2, 0.25) is 0 Å². The maximum atomic E-state index is 12.7. The summed E-state index contributed by atoms with van der Waals surface area (Å²) in [5.74, 6) is 0.199. The van der Waals surface area contributed by atoms with Crippen molar-refractivity contribution in [2.24, 2.45) is 7.05 Å². The quantitative estimate of drug-likeness (QED) is 0.276. The molecule has 2 aromatic carbocycles. The monoisotopic (exact) mass is 513 g/mol. The molecule has 1 amide bonds. The number of aliphatic carboxylic acids is 1. The zero-order valence-electron chi connectivity index (χ0n) is 21.3. The van der Waals surface area contributed by atoms with Crippen molar-refractivity contribution in [2.75, 3.05) is 18.5 Å². The Morgan fingerprint density at radius 3 is 2.82 bits per heavy atom. The molecule has 0 fully saturated rings. The first-order valence-electron chi connectivity index (χ1n) is 12.9. The maximum Gasteiger partial charge on any atom is 0.326 e. The molecule has 38 heavy (non-hydrogen) atoms. The van der Waals surface area contributed by atoms with E-state index in [1.54, 1.807) is 22.9 Å². The molecule has 9 heteroatoms. The highest BCUT2D eigenvalue weighted by Gasteiger charge is 2.21. The number of fused-ring (bicyclic) bond motifs is 2. The number of rotatable bonds is 10. The lowest BCUT2D eigenvalue weighted by atomic mass is 10.0. The Bertz CT molecular complexity index is 1450. The Hall–Kier alpha value is -4.40. The zero-order valence-corrected chi connectivity index (χ0v) is 21.3. The molecule has 2 aromatic heterocycles. The van der Waals surface area contributed by atoms with Gasteiger partial charge in [0.15, 0.2) is 0 Å². The molecule has 5 rings (SSSR count). The Labute approximate surface area is 220 Å². The number of amides is 1. The number of hydrogen-bond donors (Lipinski definition) is 3. The van der Waals surface area contributed by atoms with E-state index < -0.39 is 17.9 Å². The van der Waals surface area contributed by atoms with E-state index in [0.29, 0.717) is 12.2 Å². The highest BCUT2D eigenvalue weighted by molar-refractivity contribution is 5.99. The smallest absolute Gasteiger partial charge is 0.326 e. The average Bonchev–Trinajstić information content (AvgIpc) is 3.30. The number of anilines is 1. The number of aromatic nitrogens is 3. The van der Waals surface area contributed by atoms with E-state index in [-0.39, 0.29) is 6.42 Å². The summed E-state index contributed by atoms with van der Waals surface area (Å²) in [7, 11) is 1.81. The summed E-state index contributed by atoms with van der Waals surface area (Å²) >= 11 is 0. The van der Waals surface area contributed by atoms with E-state index in [0.717, 1.165) is 66.0 Å². The van der Waals surface area contributed by atoms with Crippen molar-refractivity contribution in [3.63, 3.8) is 0 Å². The molecule has 0 saturated heterocycles. The van der Waals surface area contributed by atoms with E-state index in [1.807, 2.05) is 37.5 Å². The molecular weight excluding hydrogens is 482 g/mol. The van der Waals surface area contributed by atoms with Crippen molar-refractivity contribution in [2.45, 2.75) is 38.1 Å². The standard InChI is InChI=1S/C29H31N5O4/c1-34-18-22-17-21(9-13-25(22)33-34)28(35)32-26(29(36)37)16-19-6-11-24(12-7-19)38-15-3-5-23-10-8-20-4-2-14-30-27(20)31-23/h6-13,17-18,26H,2-5,14-16H2,1H3,(H,30,31)(H,32,35)(H,36,37)/t26-/m1/s1. The number of nitrogens with one attached hydrogen (secondary N) is 2. The predicted octanol–water partition coefficient (Wildman–Crippen LogP) is 3.76. The van der Waals surface area contributed by atoms with Crippen molar-refractivity contribution >= 4 is 28.6 Å². The Morgan fingerprint density at radius 1 is 1.16 bits per heavy atom. The van der Waals surface area contributed by atoms with Gasteiger partial charge in [-0.1, -0.05) is 18.2 Å². The van der Waals surface area contributed by atoms with Gasteiger partial charge in [-0.25, -0.2) is 9.78 Å². The molecule has 4 aromatic rings. The van der Waals surface area contributed by atoms with Crippen LogP contribution in [0.2, 0.25) is 0 Å². The molecule has 0 bridgehead atoms. The van der Waals surface area contributed by atoms with Crippen molar-refractivity contribution in [3.05, 3.63) is 83.2 Å². The molecule has 3 heterocycles. The Kier molecular flexibility index (Phi) is 7.53. The van der Waals surface area contributed by atoms with Crippen LogP contribution in [0.15, 0.2) is 60.8 Å². The SMILES string of the molecule is Cn1cc2cc(C(=O)N[C@H](Cc3ccc(OCCCc4ccc5c(n4)NCCC5)cc3)C(=O)O)ccc2n1. The van der Waals surface area contributed by atoms with Gasteiger partial charge < -0.3 is 20.5 Å². The normalized spacial score (nSPS) is 13.4. The largest absolute Gasteiger partial charge is 0.494 e. The number of ether oxygens (including phenoxy) is 1. The molecule has 0 aliphatic carbocycles. The molecule has 0 spiro atoms. The topological polar surface area (TPSA) is 118 Å².